The summed E-state index contributed by atoms with van der Waals surface area (Å²) in [5, 5.41) is 2.96. The average Bonchev–Trinajstić information content (AvgIpc) is 2.94. The Labute approximate surface area is 160 Å². The van der Waals surface area contributed by atoms with Crippen LogP contribution in [-0.4, -0.2) is 51.3 Å². The fourth-order valence-electron chi connectivity index (χ4n) is 3.40. The third-order valence-electron chi connectivity index (χ3n) is 4.87. The van der Waals surface area contributed by atoms with Crippen molar-refractivity contribution in [1.82, 2.24) is 4.90 Å². The summed E-state index contributed by atoms with van der Waals surface area (Å²) in [6, 6.07) is 13.7. The summed E-state index contributed by atoms with van der Waals surface area (Å²) in [5.74, 6) is 1.23. The van der Waals surface area contributed by atoms with Crippen LogP contribution in [0.3, 0.4) is 0 Å². The van der Waals surface area contributed by atoms with Crippen LogP contribution in [0.2, 0.25) is 0 Å². The number of urea groups is 1. The van der Waals surface area contributed by atoms with Gasteiger partial charge in [-0.2, -0.15) is 0 Å². The summed E-state index contributed by atoms with van der Waals surface area (Å²) in [7, 11) is 3.17. The SMILES string of the molecule is COc1ccc(NC(=O)N2CCCN(c3ccccc3C)CC2)cc1OC. The van der Waals surface area contributed by atoms with Crippen molar-refractivity contribution in [2.24, 2.45) is 0 Å². The number of para-hydroxylation sites is 1. The molecule has 6 nitrogen and oxygen atoms in total. The van der Waals surface area contributed by atoms with Crippen molar-refractivity contribution < 1.29 is 14.3 Å². The van der Waals surface area contributed by atoms with E-state index in [1.54, 1.807) is 26.4 Å². The summed E-state index contributed by atoms with van der Waals surface area (Å²) in [4.78, 5) is 16.9. The second-order valence-corrected chi connectivity index (χ2v) is 6.61. The number of carbonyl (C=O) groups is 1. The van der Waals surface area contributed by atoms with E-state index >= 15 is 0 Å². The van der Waals surface area contributed by atoms with E-state index in [2.05, 4.69) is 41.4 Å². The quantitative estimate of drug-likeness (QED) is 0.892. The standard InChI is InChI=1S/C21H27N3O3/c1-16-7-4-5-8-18(16)23-11-6-12-24(14-13-23)21(25)22-17-9-10-19(26-2)20(15-17)27-3/h4-5,7-10,15H,6,11-14H2,1-3H3,(H,22,25). The van der Waals surface area contributed by atoms with Gasteiger partial charge < -0.3 is 24.6 Å². The summed E-state index contributed by atoms with van der Waals surface area (Å²) in [6.45, 7) is 5.33. The molecule has 0 bridgehead atoms. The van der Waals surface area contributed by atoms with Gasteiger partial charge in [-0.05, 0) is 37.1 Å². The van der Waals surface area contributed by atoms with Gasteiger partial charge in [0.05, 0.1) is 14.2 Å². The third-order valence-corrected chi connectivity index (χ3v) is 4.87. The molecular weight excluding hydrogens is 342 g/mol. The Balaban J connectivity index is 1.64. The molecule has 1 fully saturated rings. The molecule has 0 aliphatic carbocycles. The normalized spacial score (nSPS) is 14.5. The molecule has 1 aliphatic rings. The van der Waals surface area contributed by atoms with Crippen LogP contribution in [-0.2, 0) is 0 Å². The summed E-state index contributed by atoms with van der Waals surface area (Å²) in [5.41, 5.74) is 3.21. The maximum atomic E-state index is 12.7. The number of nitrogens with zero attached hydrogens (tertiary/aromatic N) is 2. The monoisotopic (exact) mass is 369 g/mol. The highest BCUT2D eigenvalue weighted by atomic mass is 16.5. The average molecular weight is 369 g/mol. The molecule has 3 rings (SSSR count). The second kappa shape index (κ2) is 8.66. The number of hydrogen-bond acceptors (Lipinski definition) is 4. The largest absolute Gasteiger partial charge is 0.493 e. The minimum Gasteiger partial charge on any atom is -0.493 e. The minimum absolute atomic E-state index is 0.0890. The Morgan fingerprint density at radius 3 is 2.48 bits per heavy atom. The number of nitrogens with one attached hydrogen (secondary N) is 1. The number of aryl methyl sites for hydroxylation is 1. The van der Waals surface area contributed by atoms with Crippen LogP contribution in [0.5, 0.6) is 11.5 Å². The highest BCUT2D eigenvalue weighted by Gasteiger charge is 2.20. The Morgan fingerprint density at radius 1 is 0.963 bits per heavy atom. The Morgan fingerprint density at radius 2 is 1.74 bits per heavy atom. The molecule has 2 aromatic rings. The fraction of sp³-hybridized carbons (Fsp3) is 0.381. The lowest BCUT2D eigenvalue weighted by atomic mass is 10.2. The first kappa shape index (κ1) is 18.9. The van der Waals surface area contributed by atoms with Crippen molar-refractivity contribution in [1.29, 1.82) is 0 Å². The maximum Gasteiger partial charge on any atom is 0.321 e. The van der Waals surface area contributed by atoms with E-state index in [0.29, 0.717) is 23.7 Å². The molecule has 2 amide bonds. The van der Waals surface area contributed by atoms with Crippen LogP contribution < -0.4 is 19.7 Å². The van der Waals surface area contributed by atoms with E-state index in [9.17, 15) is 4.79 Å². The molecule has 27 heavy (non-hydrogen) atoms. The van der Waals surface area contributed by atoms with Crippen molar-refractivity contribution in [2.75, 3.05) is 50.6 Å². The van der Waals surface area contributed by atoms with Gasteiger partial charge >= 0.3 is 6.03 Å². The molecule has 2 aromatic carbocycles. The van der Waals surface area contributed by atoms with Crippen molar-refractivity contribution in [3.63, 3.8) is 0 Å². The van der Waals surface area contributed by atoms with Gasteiger partial charge in [-0.1, -0.05) is 18.2 Å². The van der Waals surface area contributed by atoms with Gasteiger partial charge in [-0.15, -0.1) is 0 Å². The minimum atomic E-state index is -0.0890. The molecule has 0 atom stereocenters. The topological polar surface area (TPSA) is 54.0 Å². The van der Waals surface area contributed by atoms with Crippen molar-refractivity contribution in [2.45, 2.75) is 13.3 Å². The van der Waals surface area contributed by atoms with Crippen LogP contribution >= 0.6 is 0 Å². The number of benzene rings is 2. The molecule has 0 spiro atoms. The van der Waals surface area contributed by atoms with E-state index < -0.39 is 0 Å². The Hall–Kier alpha value is -2.89. The molecule has 1 aliphatic heterocycles. The first-order valence-corrected chi connectivity index (χ1v) is 9.21. The smallest absolute Gasteiger partial charge is 0.321 e. The second-order valence-electron chi connectivity index (χ2n) is 6.61. The van der Waals surface area contributed by atoms with Gasteiger partial charge in [0, 0.05) is 43.6 Å². The number of ether oxygens (including phenoxy) is 2. The number of hydrogen-bond donors (Lipinski definition) is 1. The van der Waals surface area contributed by atoms with Gasteiger partial charge in [-0.25, -0.2) is 4.79 Å². The number of amides is 2. The zero-order valence-corrected chi connectivity index (χ0v) is 16.2. The molecule has 1 saturated heterocycles. The molecule has 1 N–H and O–H groups in total. The van der Waals surface area contributed by atoms with Crippen LogP contribution in [0.4, 0.5) is 16.2 Å². The van der Waals surface area contributed by atoms with Gasteiger partial charge in [0.1, 0.15) is 0 Å². The van der Waals surface area contributed by atoms with E-state index in [1.807, 2.05) is 11.0 Å². The summed E-state index contributed by atoms with van der Waals surface area (Å²) in [6.07, 6.45) is 0.938. The third kappa shape index (κ3) is 4.45. The highest BCUT2D eigenvalue weighted by molar-refractivity contribution is 5.89. The predicted molar refractivity (Wildman–Crippen MR) is 108 cm³/mol. The predicted octanol–water partition coefficient (Wildman–Crippen LogP) is 3.76. The summed E-state index contributed by atoms with van der Waals surface area (Å²) < 4.78 is 10.5. The van der Waals surface area contributed by atoms with Gasteiger partial charge in [0.25, 0.3) is 0 Å². The number of rotatable bonds is 4. The number of methoxy groups -OCH3 is 2. The molecule has 0 unspecified atom stereocenters. The molecule has 0 radical (unpaired) electrons. The van der Waals surface area contributed by atoms with E-state index in [-0.39, 0.29) is 6.03 Å². The number of anilines is 2. The van der Waals surface area contributed by atoms with Gasteiger partial charge in [0.2, 0.25) is 0 Å². The first-order valence-electron chi connectivity index (χ1n) is 9.21. The fourth-order valence-corrected chi connectivity index (χ4v) is 3.40. The molecule has 1 heterocycles. The maximum absolute atomic E-state index is 12.7. The Bertz CT molecular complexity index is 794. The summed E-state index contributed by atoms with van der Waals surface area (Å²) >= 11 is 0. The highest BCUT2D eigenvalue weighted by Crippen LogP contribution is 2.30. The van der Waals surface area contributed by atoms with Crippen molar-refractivity contribution in [3.8, 4) is 11.5 Å². The van der Waals surface area contributed by atoms with E-state index in [0.717, 1.165) is 26.1 Å². The van der Waals surface area contributed by atoms with Crippen LogP contribution in [0, 0.1) is 6.92 Å². The first-order chi connectivity index (χ1) is 13.1. The zero-order chi connectivity index (χ0) is 19.2. The lowest BCUT2D eigenvalue weighted by Gasteiger charge is -2.25. The van der Waals surface area contributed by atoms with Crippen LogP contribution in [0.15, 0.2) is 42.5 Å². The lowest BCUT2D eigenvalue weighted by Crippen LogP contribution is -2.38. The van der Waals surface area contributed by atoms with E-state index in [4.69, 9.17) is 9.47 Å². The van der Waals surface area contributed by atoms with Crippen molar-refractivity contribution in [3.05, 3.63) is 48.0 Å². The van der Waals surface area contributed by atoms with Crippen LogP contribution in [0.1, 0.15) is 12.0 Å². The van der Waals surface area contributed by atoms with Crippen LogP contribution in [0.25, 0.3) is 0 Å². The molecular formula is C21H27N3O3. The Kier molecular flexibility index (Phi) is 6.06. The molecule has 0 saturated carbocycles. The zero-order valence-electron chi connectivity index (χ0n) is 16.2. The van der Waals surface area contributed by atoms with Crippen molar-refractivity contribution >= 4 is 17.4 Å². The molecule has 0 aromatic heterocycles. The lowest BCUT2D eigenvalue weighted by molar-refractivity contribution is 0.215. The van der Waals surface area contributed by atoms with Gasteiger partial charge in [-0.3, -0.25) is 0 Å². The molecule has 144 valence electrons. The number of carbonyl (C=O) groups excluding carboxylic acids is 1. The van der Waals surface area contributed by atoms with Gasteiger partial charge in [0.15, 0.2) is 11.5 Å². The van der Waals surface area contributed by atoms with E-state index in [1.165, 1.54) is 11.3 Å². The molecule has 6 heteroatoms.